The van der Waals surface area contributed by atoms with E-state index in [4.69, 9.17) is 4.74 Å². The number of carbonyl (C=O) groups is 2. The minimum absolute atomic E-state index is 0.0825. The van der Waals surface area contributed by atoms with Crippen LogP contribution in [-0.2, 0) is 14.3 Å². The van der Waals surface area contributed by atoms with E-state index in [1.54, 1.807) is 0 Å². The lowest BCUT2D eigenvalue weighted by Gasteiger charge is -2.33. The van der Waals surface area contributed by atoms with E-state index in [-0.39, 0.29) is 12.0 Å². The van der Waals surface area contributed by atoms with Crippen molar-refractivity contribution < 1.29 is 24.2 Å². The second kappa shape index (κ2) is 5.56. The number of ether oxygens (including phenoxy) is 2. The summed E-state index contributed by atoms with van der Waals surface area (Å²) in [6.07, 6.45) is 3.15. The molecule has 2 fully saturated rings. The predicted octanol–water partition coefficient (Wildman–Crippen LogP) is 1.00. The average molecular weight is 257 g/mol. The maximum Gasteiger partial charge on any atom is 0.407 e. The lowest BCUT2D eigenvalue weighted by Crippen LogP contribution is -2.48. The fourth-order valence-electron chi connectivity index (χ4n) is 2.52. The molecule has 0 aromatic heterocycles. The molecule has 3 atom stereocenters. The third-order valence-electron chi connectivity index (χ3n) is 3.70. The molecule has 2 aliphatic rings. The van der Waals surface area contributed by atoms with Gasteiger partial charge in [-0.25, -0.2) is 9.59 Å². The Balaban J connectivity index is 1.95. The van der Waals surface area contributed by atoms with Crippen molar-refractivity contribution in [1.82, 2.24) is 5.32 Å². The number of amides is 1. The molecule has 18 heavy (non-hydrogen) atoms. The molecule has 1 heterocycles. The lowest BCUT2D eigenvalue weighted by molar-refractivity contribution is -0.142. The molecule has 0 spiro atoms. The minimum Gasteiger partial charge on any atom is -0.480 e. The first kappa shape index (κ1) is 13.1. The smallest absolute Gasteiger partial charge is 0.407 e. The second-order valence-corrected chi connectivity index (χ2v) is 4.98. The van der Waals surface area contributed by atoms with Crippen LogP contribution in [0.15, 0.2) is 0 Å². The van der Waals surface area contributed by atoms with Gasteiger partial charge in [0.15, 0.2) is 0 Å². The van der Waals surface area contributed by atoms with Crippen molar-refractivity contribution in [3.63, 3.8) is 0 Å². The fraction of sp³-hybridized carbons (Fsp3) is 0.833. The van der Waals surface area contributed by atoms with E-state index in [1.165, 1.54) is 20.0 Å². The third-order valence-corrected chi connectivity index (χ3v) is 3.70. The topological polar surface area (TPSA) is 84.9 Å². The molecule has 102 valence electrons. The van der Waals surface area contributed by atoms with E-state index >= 15 is 0 Å². The molecular weight excluding hydrogens is 238 g/mol. The molecule has 0 unspecified atom stereocenters. The molecule has 6 heteroatoms. The van der Waals surface area contributed by atoms with E-state index in [1.807, 2.05) is 0 Å². The van der Waals surface area contributed by atoms with Crippen molar-refractivity contribution >= 4 is 12.1 Å². The fourth-order valence-corrected chi connectivity index (χ4v) is 2.52. The molecule has 6 nitrogen and oxygen atoms in total. The first-order chi connectivity index (χ1) is 8.61. The highest BCUT2D eigenvalue weighted by atomic mass is 16.5. The summed E-state index contributed by atoms with van der Waals surface area (Å²) in [5.41, 5.74) is 0. The molecule has 1 saturated carbocycles. The molecule has 2 rings (SSSR count). The second-order valence-electron chi connectivity index (χ2n) is 4.98. The Morgan fingerprint density at radius 3 is 2.67 bits per heavy atom. The predicted molar refractivity (Wildman–Crippen MR) is 62.2 cm³/mol. The molecule has 1 aliphatic heterocycles. The maximum absolute atomic E-state index is 11.2. The molecule has 2 N–H and O–H groups in total. The Labute approximate surface area is 106 Å². The maximum atomic E-state index is 11.2. The SMILES string of the molecule is COC(=O)N[C@H](C(=O)O)[C@@H]1CCO[C@H](C2CC2)C1. The molecule has 0 bridgehead atoms. The zero-order valence-electron chi connectivity index (χ0n) is 10.4. The van der Waals surface area contributed by atoms with Gasteiger partial charge in [0.1, 0.15) is 6.04 Å². The van der Waals surface area contributed by atoms with E-state index < -0.39 is 18.1 Å². The summed E-state index contributed by atoms with van der Waals surface area (Å²) in [6.45, 7) is 0.568. The zero-order valence-corrected chi connectivity index (χ0v) is 10.4. The third kappa shape index (κ3) is 3.13. The van der Waals surface area contributed by atoms with Gasteiger partial charge in [0.25, 0.3) is 0 Å². The molecule has 0 aromatic carbocycles. The van der Waals surface area contributed by atoms with E-state index in [0.717, 1.165) is 0 Å². The highest BCUT2D eigenvalue weighted by Gasteiger charge is 2.40. The van der Waals surface area contributed by atoms with Gasteiger partial charge in [0.05, 0.1) is 13.2 Å². The number of rotatable bonds is 4. The Morgan fingerprint density at radius 2 is 2.11 bits per heavy atom. The van der Waals surface area contributed by atoms with Gasteiger partial charge < -0.3 is 19.9 Å². The van der Waals surface area contributed by atoms with Crippen molar-refractivity contribution in [2.45, 2.75) is 37.8 Å². The monoisotopic (exact) mass is 257 g/mol. The van der Waals surface area contributed by atoms with Crippen molar-refractivity contribution in [3.05, 3.63) is 0 Å². The van der Waals surface area contributed by atoms with Crippen LogP contribution < -0.4 is 5.32 Å². The van der Waals surface area contributed by atoms with Gasteiger partial charge in [0.2, 0.25) is 0 Å². The Morgan fingerprint density at radius 1 is 1.39 bits per heavy atom. The minimum atomic E-state index is -1.01. The summed E-state index contributed by atoms with van der Waals surface area (Å²) in [4.78, 5) is 22.4. The van der Waals surface area contributed by atoms with Crippen LogP contribution in [0.4, 0.5) is 4.79 Å². The van der Waals surface area contributed by atoms with E-state index in [9.17, 15) is 14.7 Å². The normalized spacial score (nSPS) is 29.4. The largest absolute Gasteiger partial charge is 0.480 e. The number of alkyl carbamates (subject to hydrolysis) is 1. The molecule has 0 aromatic rings. The number of methoxy groups -OCH3 is 1. The van der Waals surface area contributed by atoms with Gasteiger partial charge in [-0.1, -0.05) is 0 Å². The van der Waals surface area contributed by atoms with Gasteiger partial charge in [0, 0.05) is 6.61 Å². The molecular formula is C12H19NO5. The number of carbonyl (C=O) groups excluding carboxylic acids is 1. The highest BCUT2D eigenvalue weighted by molar-refractivity contribution is 5.80. The molecule has 1 amide bonds. The van der Waals surface area contributed by atoms with Crippen LogP contribution in [0, 0.1) is 11.8 Å². The van der Waals surface area contributed by atoms with Gasteiger partial charge in [-0.05, 0) is 37.5 Å². The van der Waals surface area contributed by atoms with E-state index in [0.29, 0.717) is 25.4 Å². The quantitative estimate of drug-likeness (QED) is 0.784. The molecule has 1 aliphatic carbocycles. The van der Waals surface area contributed by atoms with Crippen LogP contribution >= 0.6 is 0 Å². The Kier molecular flexibility index (Phi) is 4.06. The van der Waals surface area contributed by atoms with Gasteiger partial charge in [-0.3, -0.25) is 0 Å². The van der Waals surface area contributed by atoms with Crippen molar-refractivity contribution in [3.8, 4) is 0 Å². The zero-order chi connectivity index (χ0) is 13.1. The van der Waals surface area contributed by atoms with Crippen LogP contribution in [0.2, 0.25) is 0 Å². The van der Waals surface area contributed by atoms with Crippen LogP contribution in [0.25, 0.3) is 0 Å². The summed E-state index contributed by atoms with van der Waals surface area (Å²) in [5.74, 6) is -0.511. The standard InChI is InChI=1S/C12H19NO5/c1-17-12(16)13-10(11(14)15)8-4-5-18-9(6-8)7-2-3-7/h7-10H,2-6H2,1H3,(H,13,16)(H,14,15)/t8-,9+,10+/m1/s1. The number of nitrogens with one attached hydrogen (secondary N) is 1. The van der Waals surface area contributed by atoms with Gasteiger partial charge in [-0.15, -0.1) is 0 Å². The summed E-state index contributed by atoms with van der Waals surface area (Å²) in [6, 6.07) is -0.886. The number of carboxylic acids is 1. The lowest BCUT2D eigenvalue weighted by atomic mass is 9.87. The first-order valence-electron chi connectivity index (χ1n) is 6.30. The summed E-state index contributed by atoms with van der Waals surface area (Å²) >= 11 is 0. The summed E-state index contributed by atoms with van der Waals surface area (Å²) in [5, 5.41) is 11.6. The number of hydrogen-bond acceptors (Lipinski definition) is 4. The van der Waals surface area contributed by atoms with Crippen LogP contribution in [0.5, 0.6) is 0 Å². The molecule has 1 saturated heterocycles. The average Bonchev–Trinajstić information content (AvgIpc) is 3.19. The highest BCUT2D eigenvalue weighted by Crippen LogP contribution is 2.40. The van der Waals surface area contributed by atoms with Crippen molar-refractivity contribution in [1.29, 1.82) is 0 Å². The van der Waals surface area contributed by atoms with Crippen molar-refractivity contribution in [2.75, 3.05) is 13.7 Å². The van der Waals surface area contributed by atoms with Gasteiger partial charge in [-0.2, -0.15) is 0 Å². The number of aliphatic carboxylic acids is 1. The number of carboxylic acid groups (broad SMARTS) is 1. The van der Waals surface area contributed by atoms with Gasteiger partial charge >= 0.3 is 12.1 Å². The summed E-state index contributed by atoms with van der Waals surface area (Å²) < 4.78 is 10.1. The molecule has 0 radical (unpaired) electrons. The Hall–Kier alpha value is -1.30. The first-order valence-corrected chi connectivity index (χ1v) is 6.30. The number of hydrogen-bond donors (Lipinski definition) is 2. The van der Waals surface area contributed by atoms with Crippen LogP contribution in [-0.4, -0.2) is 43.0 Å². The van der Waals surface area contributed by atoms with Crippen molar-refractivity contribution in [2.24, 2.45) is 11.8 Å². The van der Waals surface area contributed by atoms with Crippen LogP contribution in [0.3, 0.4) is 0 Å². The van der Waals surface area contributed by atoms with Crippen LogP contribution in [0.1, 0.15) is 25.7 Å². The summed E-state index contributed by atoms with van der Waals surface area (Å²) in [7, 11) is 1.23. The Bertz CT molecular complexity index is 328. The van der Waals surface area contributed by atoms with E-state index in [2.05, 4.69) is 10.1 Å².